The molecule has 0 aliphatic rings. The van der Waals surface area contributed by atoms with Gasteiger partial charge in [0.05, 0.1) is 16.9 Å². The Morgan fingerprint density at radius 1 is 1.44 bits per heavy atom. The fourth-order valence-corrected chi connectivity index (χ4v) is 1.83. The maximum atomic E-state index is 10.5. The van der Waals surface area contributed by atoms with Gasteiger partial charge < -0.3 is 5.11 Å². The molecule has 2 aromatic rings. The highest BCUT2D eigenvalue weighted by Crippen LogP contribution is 2.22. The average molecular weight is 263 g/mol. The molecule has 0 bridgehead atoms. The third kappa shape index (κ3) is 2.43. The van der Waals surface area contributed by atoms with Gasteiger partial charge in [0.2, 0.25) is 0 Å². The molecule has 0 spiro atoms. The van der Waals surface area contributed by atoms with Crippen LogP contribution >= 0.6 is 11.6 Å². The number of benzene rings is 1. The number of aromatic nitrogens is 2. The second-order valence-corrected chi connectivity index (χ2v) is 4.13. The first kappa shape index (κ1) is 12.4. The van der Waals surface area contributed by atoms with Crippen molar-refractivity contribution in [3.05, 3.63) is 52.8 Å². The summed E-state index contributed by atoms with van der Waals surface area (Å²) in [5.74, 6) is -0.986. The Bertz CT molecular complexity index is 617. The van der Waals surface area contributed by atoms with Crippen LogP contribution in [-0.4, -0.2) is 20.9 Å². The van der Waals surface area contributed by atoms with E-state index in [0.29, 0.717) is 5.02 Å². The van der Waals surface area contributed by atoms with Gasteiger partial charge >= 0.3 is 5.97 Å². The third-order valence-corrected chi connectivity index (χ3v) is 2.85. The number of carboxylic acids is 1. The summed E-state index contributed by atoms with van der Waals surface area (Å²) in [5.41, 5.74) is 2.35. The number of hydrogen-bond acceptors (Lipinski definition) is 2. The zero-order chi connectivity index (χ0) is 13.1. The Balaban J connectivity index is 2.43. The third-order valence-electron chi connectivity index (χ3n) is 2.53. The van der Waals surface area contributed by atoms with Gasteiger partial charge in [0.15, 0.2) is 0 Å². The van der Waals surface area contributed by atoms with E-state index >= 15 is 0 Å². The van der Waals surface area contributed by atoms with Crippen LogP contribution in [0.4, 0.5) is 0 Å². The first-order chi connectivity index (χ1) is 8.59. The molecule has 92 valence electrons. The van der Waals surface area contributed by atoms with Crippen molar-refractivity contribution >= 4 is 23.6 Å². The molecule has 0 saturated heterocycles. The molecule has 1 heterocycles. The quantitative estimate of drug-likeness (QED) is 0.866. The van der Waals surface area contributed by atoms with Crippen molar-refractivity contribution in [2.45, 2.75) is 6.92 Å². The van der Waals surface area contributed by atoms with Crippen LogP contribution in [0, 0.1) is 6.92 Å². The predicted molar refractivity (Wildman–Crippen MR) is 70.0 cm³/mol. The maximum Gasteiger partial charge on any atom is 0.328 e. The highest BCUT2D eigenvalue weighted by Gasteiger charge is 2.08. The molecule has 0 aliphatic heterocycles. The van der Waals surface area contributed by atoms with Crippen LogP contribution in [0.2, 0.25) is 5.02 Å². The molecule has 1 aromatic heterocycles. The van der Waals surface area contributed by atoms with Crippen LogP contribution in [0.15, 0.2) is 36.5 Å². The number of halogens is 1. The van der Waals surface area contributed by atoms with Gasteiger partial charge in [0.1, 0.15) is 0 Å². The van der Waals surface area contributed by atoms with Crippen molar-refractivity contribution in [3.8, 4) is 5.69 Å². The van der Waals surface area contributed by atoms with Crippen molar-refractivity contribution < 1.29 is 9.90 Å². The van der Waals surface area contributed by atoms with Crippen LogP contribution < -0.4 is 0 Å². The van der Waals surface area contributed by atoms with Gasteiger partial charge in [-0.25, -0.2) is 9.48 Å². The second-order valence-electron chi connectivity index (χ2n) is 3.72. The molecule has 0 atom stereocenters. The van der Waals surface area contributed by atoms with Gasteiger partial charge in [-0.1, -0.05) is 23.7 Å². The molecule has 0 radical (unpaired) electrons. The summed E-state index contributed by atoms with van der Waals surface area (Å²) < 4.78 is 1.68. The number of hydrogen-bond donors (Lipinski definition) is 1. The van der Waals surface area contributed by atoms with Crippen LogP contribution in [0.1, 0.15) is 11.3 Å². The van der Waals surface area contributed by atoms with E-state index in [2.05, 4.69) is 5.10 Å². The van der Waals surface area contributed by atoms with E-state index < -0.39 is 5.97 Å². The SMILES string of the molecule is Cc1c(/C=C/C(=O)O)cnn1-c1ccccc1Cl. The first-order valence-corrected chi connectivity index (χ1v) is 5.68. The van der Waals surface area contributed by atoms with E-state index in [1.54, 1.807) is 16.9 Å². The lowest BCUT2D eigenvalue weighted by Crippen LogP contribution is -1.99. The molecule has 5 heteroatoms. The Morgan fingerprint density at radius 2 is 2.17 bits per heavy atom. The number of para-hydroxylation sites is 1. The lowest BCUT2D eigenvalue weighted by Gasteiger charge is -2.06. The highest BCUT2D eigenvalue weighted by atomic mass is 35.5. The minimum absolute atomic E-state index is 0.595. The van der Waals surface area contributed by atoms with Crippen LogP contribution in [0.5, 0.6) is 0 Å². The molecule has 0 amide bonds. The Hall–Kier alpha value is -2.07. The van der Waals surface area contributed by atoms with Crippen molar-refractivity contribution in [1.82, 2.24) is 9.78 Å². The summed E-state index contributed by atoms with van der Waals surface area (Å²) in [6.45, 7) is 1.86. The number of carboxylic acid groups (broad SMARTS) is 1. The van der Waals surface area contributed by atoms with Gasteiger partial charge in [-0.3, -0.25) is 0 Å². The summed E-state index contributed by atoms with van der Waals surface area (Å²) in [4.78, 5) is 10.5. The summed E-state index contributed by atoms with van der Waals surface area (Å²) in [7, 11) is 0. The molecule has 18 heavy (non-hydrogen) atoms. The summed E-state index contributed by atoms with van der Waals surface area (Å²) in [5, 5.41) is 13.4. The largest absolute Gasteiger partial charge is 0.478 e. The number of aliphatic carboxylic acids is 1. The zero-order valence-electron chi connectivity index (χ0n) is 9.67. The van der Waals surface area contributed by atoms with Gasteiger partial charge in [0, 0.05) is 17.3 Å². The fourth-order valence-electron chi connectivity index (χ4n) is 1.61. The number of nitrogens with zero attached hydrogens (tertiary/aromatic N) is 2. The van der Waals surface area contributed by atoms with Gasteiger partial charge in [-0.15, -0.1) is 0 Å². The van der Waals surface area contributed by atoms with E-state index in [-0.39, 0.29) is 0 Å². The summed E-state index contributed by atoms with van der Waals surface area (Å²) in [6, 6.07) is 7.35. The first-order valence-electron chi connectivity index (χ1n) is 5.30. The molecular weight excluding hydrogens is 252 g/mol. The molecule has 2 rings (SSSR count). The maximum absolute atomic E-state index is 10.5. The summed E-state index contributed by atoms with van der Waals surface area (Å²) >= 11 is 6.09. The number of carbonyl (C=O) groups is 1. The van der Waals surface area contributed by atoms with E-state index in [1.807, 2.05) is 25.1 Å². The minimum atomic E-state index is -0.986. The van der Waals surface area contributed by atoms with Gasteiger partial charge in [-0.05, 0) is 25.1 Å². The zero-order valence-corrected chi connectivity index (χ0v) is 10.4. The molecule has 1 N–H and O–H groups in total. The Labute approximate surface area is 109 Å². The van der Waals surface area contributed by atoms with Crippen LogP contribution in [0.3, 0.4) is 0 Å². The van der Waals surface area contributed by atoms with Crippen molar-refractivity contribution in [2.24, 2.45) is 0 Å². The van der Waals surface area contributed by atoms with E-state index in [9.17, 15) is 4.79 Å². The van der Waals surface area contributed by atoms with Crippen molar-refractivity contribution in [2.75, 3.05) is 0 Å². The normalized spacial score (nSPS) is 11.0. The standard InChI is InChI=1S/C13H11ClN2O2/c1-9-10(6-7-13(17)18)8-15-16(9)12-5-3-2-4-11(12)14/h2-8H,1H3,(H,17,18)/b7-6+. The molecule has 0 fully saturated rings. The number of rotatable bonds is 3. The topological polar surface area (TPSA) is 55.1 Å². The highest BCUT2D eigenvalue weighted by molar-refractivity contribution is 6.32. The average Bonchev–Trinajstić information content (AvgIpc) is 2.69. The van der Waals surface area contributed by atoms with Crippen LogP contribution in [0.25, 0.3) is 11.8 Å². The molecule has 0 unspecified atom stereocenters. The van der Waals surface area contributed by atoms with E-state index in [4.69, 9.17) is 16.7 Å². The van der Waals surface area contributed by atoms with Crippen molar-refractivity contribution in [3.63, 3.8) is 0 Å². The Kier molecular flexibility index (Phi) is 3.48. The molecule has 0 aliphatic carbocycles. The lowest BCUT2D eigenvalue weighted by atomic mass is 10.2. The predicted octanol–water partition coefficient (Wildman–Crippen LogP) is 2.93. The Morgan fingerprint density at radius 3 is 2.83 bits per heavy atom. The molecule has 1 aromatic carbocycles. The fraction of sp³-hybridized carbons (Fsp3) is 0.0769. The van der Waals surface area contributed by atoms with Crippen LogP contribution in [-0.2, 0) is 4.79 Å². The monoisotopic (exact) mass is 262 g/mol. The van der Waals surface area contributed by atoms with Crippen molar-refractivity contribution in [1.29, 1.82) is 0 Å². The van der Waals surface area contributed by atoms with E-state index in [0.717, 1.165) is 23.0 Å². The smallest absolute Gasteiger partial charge is 0.328 e. The summed E-state index contributed by atoms with van der Waals surface area (Å²) in [6.07, 6.45) is 4.21. The van der Waals surface area contributed by atoms with E-state index in [1.165, 1.54) is 6.08 Å². The lowest BCUT2D eigenvalue weighted by molar-refractivity contribution is -0.131. The molecule has 0 saturated carbocycles. The van der Waals surface area contributed by atoms with Gasteiger partial charge in [-0.2, -0.15) is 5.10 Å². The molecule has 4 nitrogen and oxygen atoms in total. The van der Waals surface area contributed by atoms with Gasteiger partial charge in [0.25, 0.3) is 0 Å². The minimum Gasteiger partial charge on any atom is -0.478 e. The molecular formula is C13H11ClN2O2. The second kappa shape index (κ2) is 5.06.